The number of ether oxygens (including phenoxy) is 1. The molecular weight excluding hydrogens is 271 g/mol. The van der Waals surface area contributed by atoms with Crippen LogP contribution in [0.4, 0.5) is 4.39 Å². The Morgan fingerprint density at radius 3 is 2.62 bits per heavy atom. The zero-order valence-electron chi connectivity index (χ0n) is 11.4. The van der Waals surface area contributed by atoms with Crippen molar-refractivity contribution >= 4 is 5.71 Å². The zero-order chi connectivity index (χ0) is 15.2. The van der Waals surface area contributed by atoms with Gasteiger partial charge in [0, 0.05) is 5.56 Å². The van der Waals surface area contributed by atoms with E-state index < -0.39 is 5.82 Å². The standard InChI is InChI=1S/C16H13FN2O2/c1-11(19-20)15-8-14(17)6-7-16(15)21-10-13-4-2-12(9-18)3-5-13/h2-8,20H,10H2,1H3/b19-11-. The fourth-order valence-corrected chi connectivity index (χ4v) is 1.80. The van der Waals surface area contributed by atoms with Crippen LogP contribution in [0.1, 0.15) is 23.6 Å². The normalized spacial score (nSPS) is 11.0. The number of nitrogens with zero attached hydrogens (tertiary/aromatic N) is 2. The fourth-order valence-electron chi connectivity index (χ4n) is 1.80. The Labute approximate surface area is 121 Å². The Hall–Kier alpha value is -2.87. The lowest BCUT2D eigenvalue weighted by atomic mass is 10.1. The van der Waals surface area contributed by atoms with Crippen molar-refractivity contribution in [2.24, 2.45) is 5.16 Å². The third-order valence-electron chi connectivity index (χ3n) is 2.96. The summed E-state index contributed by atoms with van der Waals surface area (Å²) in [6.45, 7) is 1.83. The van der Waals surface area contributed by atoms with Gasteiger partial charge in [-0.25, -0.2) is 4.39 Å². The molecule has 0 aliphatic carbocycles. The summed E-state index contributed by atoms with van der Waals surface area (Å²) in [5, 5.41) is 20.6. The van der Waals surface area contributed by atoms with Gasteiger partial charge in [-0.2, -0.15) is 5.26 Å². The van der Waals surface area contributed by atoms with Gasteiger partial charge in [-0.1, -0.05) is 17.3 Å². The number of benzene rings is 2. The average Bonchev–Trinajstić information content (AvgIpc) is 2.53. The van der Waals surface area contributed by atoms with Crippen LogP contribution in [0.3, 0.4) is 0 Å². The molecule has 0 aliphatic rings. The Morgan fingerprint density at radius 1 is 1.29 bits per heavy atom. The first-order chi connectivity index (χ1) is 10.1. The van der Waals surface area contributed by atoms with Crippen LogP contribution >= 0.6 is 0 Å². The minimum Gasteiger partial charge on any atom is -0.488 e. The Morgan fingerprint density at radius 2 is 2.00 bits per heavy atom. The lowest BCUT2D eigenvalue weighted by molar-refractivity contribution is 0.303. The second-order valence-corrected chi connectivity index (χ2v) is 4.42. The van der Waals surface area contributed by atoms with E-state index in [-0.39, 0.29) is 12.3 Å². The van der Waals surface area contributed by atoms with E-state index >= 15 is 0 Å². The lowest BCUT2D eigenvalue weighted by Gasteiger charge is -2.11. The monoisotopic (exact) mass is 284 g/mol. The number of hydrogen-bond acceptors (Lipinski definition) is 4. The molecule has 2 aromatic rings. The van der Waals surface area contributed by atoms with E-state index in [9.17, 15) is 4.39 Å². The summed E-state index contributed by atoms with van der Waals surface area (Å²) in [4.78, 5) is 0. The molecule has 0 unspecified atom stereocenters. The van der Waals surface area contributed by atoms with Crippen molar-refractivity contribution in [3.05, 3.63) is 65.0 Å². The molecule has 0 spiro atoms. The van der Waals surface area contributed by atoms with E-state index in [0.29, 0.717) is 16.9 Å². The molecule has 5 heteroatoms. The predicted octanol–water partition coefficient (Wildman–Crippen LogP) is 3.47. The summed E-state index contributed by atoms with van der Waals surface area (Å²) in [5.41, 5.74) is 2.11. The lowest BCUT2D eigenvalue weighted by Crippen LogP contribution is -2.03. The van der Waals surface area contributed by atoms with Gasteiger partial charge in [0.15, 0.2) is 0 Å². The van der Waals surface area contributed by atoms with E-state index in [1.165, 1.54) is 18.2 Å². The van der Waals surface area contributed by atoms with Gasteiger partial charge in [-0.05, 0) is 42.8 Å². The van der Waals surface area contributed by atoms with Gasteiger partial charge in [0.2, 0.25) is 0 Å². The number of halogens is 1. The van der Waals surface area contributed by atoms with Crippen molar-refractivity contribution in [1.29, 1.82) is 5.26 Å². The first kappa shape index (κ1) is 14.5. The first-order valence-corrected chi connectivity index (χ1v) is 6.24. The molecule has 0 saturated heterocycles. The molecule has 1 N–H and O–H groups in total. The predicted molar refractivity (Wildman–Crippen MR) is 75.9 cm³/mol. The Kier molecular flexibility index (Phi) is 4.52. The van der Waals surface area contributed by atoms with Crippen LogP contribution in [-0.4, -0.2) is 10.9 Å². The second kappa shape index (κ2) is 6.53. The van der Waals surface area contributed by atoms with Crippen LogP contribution in [0.25, 0.3) is 0 Å². The number of oxime groups is 1. The van der Waals surface area contributed by atoms with Gasteiger partial charge in [-0.15, -0.1) is 0 Å². The van der Waals surface area contributed by atoms with Crippen molar-refractivity contribution in [3.8, 4) is 11.8 Å². The van der Waals surface area contributed by atoms with Crippen LogP contribution < -0.4 is 4.74 Å². The van der Waals surface area contributed by atoms with E-state index in [1.54, 1.807) is 31.2 Å². The third-order valence-corrected chi connectivity index (χ3v) is 2.96. The van der Waals surface area contributed by atoms with E-state index in [0.717, 1.165) is 5.56 Å². The van der Waals surface area contributed by atoms with E-state index in [1.807, 2.05) is 6.07 Å². The molecular formula is C16H13FN2O2. The highest BCUT2D eigenvalue weighted by atomic mass is 19.1. The third kappa shape index (κ3) is 3.57. The molecule has 2 aromatic carbocycles. The topological polar surface area (TPSA) is 65.6 Å². The maximum absolute atomic E-state index is 13.3. The average molecular weight is 284 g/mol. The summed E-state index contributed by atoms with van der Waals surface area (Å²) in [6, 6.07) is 13.0. The smallest absolute Gasteiger partial charge is 0.129 e. The van der Waals surface area contributed by atoms with Crippen molar-refractivity contribution in [2.45, 2.75) is 13.5 Å². The molecule has 0 aliphatic heterocycles. The Bertz CT molecular complexity index is 703. The van der Waals surface area contributed by atoms with Crippen molar-refractivity contribution in [1.82, 2.24) is 0 Å². The molecule has 2 rings (SSSR count). The highest BCUT2D eigenvalue weighted by Gasteiger charge is 2.09. The van der Waals surface area contributed by atoms with Crippen LogP contribution in [0.5, 0.6) is 5.75 Å². The maximum Gasteiger partial charge on any atom is 0.129 e. The quantitative estimate of drug-likeness (QED) is 0.531. The summed E-state index contributed by atoms with van der Waals surface area (Å²) in [6.07, 6.45) is 0. The van der Waals surface area contributed by atoms with Gasteiger partial charge >= 0.3 is 0 Å². The summed E-state index contributed by atoms with van der Waals surface area (Å²) < 4.78 is 18.9. The molecule has 0 saturated carbocycles. The highest BCUT2D eigenvalue weighted by Crippen LogP contribution is 2.22. The van der Waals surface area contributed by atoms with E-state index in [2.05, 4.69) is 5.16 Å². The van der Waals surface area contributed by atoms with Crippen LogP contribution in [0.2, 0.25) is 0 Å². The summed E-state index contributed by atoms with van der Waals surface area (Å²) in [7, 11) is 0. The van der Waals surface area contributed by atoms with Crippen molar-refractivity contribution in [2.75, 3.05) is 0 Å². The van der Waals surface area contributed by atoms with Gasteiger partial charge in [-0.3, -0.25) is 0 Å². The summed E-state index contributed by atoms with van der Waals surface area (Å²) >= 11 is 0. The number of hydrogen-bond donors (Lipinski definition) is 1. The molecule has 0 radical (unpaired) electrons. The Balaban J connectivity index is 2.18. The molecule has 106 valence electrons. The van der Waals surface area contributed by atoms with Crippen molar-refractivity contribution in [3.63, 3.8) is 0 Å². The fraction of sp³-hybridized carbons (Fsp3) is 0.125. The molecule has 0 aromatic heterocycles. The molecule has 0 bridgehead atoms. The number of nitriles is 1. The van der Waals surface area contributed by atoms with E-state index in [4.69, 9.17) is 15.2 Å². The zero-order valence-corrected chi connectivity index (χ0v) is 11.4. The van der Waals surface area contributed by atoms with Crippen LogP contribution in [0.15, 0.2) is 47.6 Å². The SMILES string of the molecule is C/C(=N/O)c1cc(F)ccc1OCc1ccc(C#N)cc1. The minimum absolute atomic E-state index is 0.267. The van der Waals surface area contributed by atoms with Crippen LogP contribution in [-0.2, 0) is 6.61 Å². The maximum atomic E-state index is 13.3. The first-order valence-electron chi connectivity index (χ1n) is 6.24. The van der Waals surface area contributed by atoms with Gasteiger partial charge in [0.25, 0.3) is 0 Å². The molecule has 21 heavy (non-hydrogen) atoms. The number of rotatable bonds is 4. The molecule has 0 heterocycles. The molecule has 0 fully saturated rings. The van der Waals surface area contributed by atoms with Crippen LogP contribution in [0, 0.1) is 17.1 Å². The van der Waals surface area contributed by atoms with Gasteiger partial charge in [0.1, 0.15) is 18.2 Å². The molecule has 0 atom stereocenters. The second-order valence-electron chi connectivity index (χ2n) is 4.42. The molecule has 0 amide bonds. The van der Waals surface area contributed by atoms with Crippen molar-refractivity contribution < 1.29 is 14.3 Å². The molecule has 4 nitrogen and oxygen atoms in total. The highest BCUT2D eigenvalue weighted by molar-refractivity contribution is 6.00. The minimum atomic E-state index is -0.432. The largest absolute Gasteiger partial charge is 0.488 e. The summed E-state index contributed by atoms with van der Waals surface area (Å²) in [5.74, 6) is -0.00483. The van der Waals surface area contributed by atoms with Gasteiger partial charge in [0.05, 0.1) is 17.3 Å². The van der Waals surface area contributed by atoms with Gasteiger partial charge < -0.3 is 9.94 Å².